The second-order valence-electron chi connectivity index (χ2n) is 8.54. The zero-order valence-electron chi connectivity index (χ0n) is 18.1. The van der Waals surface area contributed by atoms with Crippen LogP contribution in [0.25, 0.3) is 0 Å². The summed E-state index contributed by atoms with van der Waals surface area (Å²) in [4.78, 5) is 51.9. The van der Waals surface area contributed by atoms with Crippen molar-refractivity contribution in [1.82, 2.24) is 0 Å². The number of ether oxygens (including phenoxy) is 3. The molecule has 2 aromatic carbocycles. The topological polar surface area (TPSA) is 96.0 Å². The summed E-state index contributed by atoms with van der Waals surface area (Å²) in [7, 11) is 0. The molecule has 2 heterocycles. The van der Waals surface area contributed by atoms with E-state index in [1.165, 1.54) is 13.8 Å². The van der Waals surface area contributed by atoms with Crippen LogP contribution in [0.4, 0.5) is 0 Å². The van der Waals surface area contributed by atoms with Crippen LogP contribution in [0, 0.1) is 5.41 Å². The van der Waals surface area contributed by atoms with Gasteiger partial charge in [0.05, 0.1) is 6.61 Å². The molecule has 33 heavy (non-hydrogen) atoms. The van der Waals surface area contributed by atoms with Gasteiger partial charge in [0.25, 0.3) is 0 Å². The minimum atomic E-state index is -1.66. The first-order valence-electron chi connectivity index (χ1n) is 10.7. The monoisotopic (exact) mass is 466 g/mol. The number of hydrogen-bond acceptors (Lipinski definition) is 8. The van der Waals surface area contributed by atoms with Gasteiger partial charge in [-0.3, -0.25) is 19.2 Å². The second-order valence-corrected chi connectivity index (χ2v) is 9.76. The van der Waals surface area contributed by atoms with E-state index >= 15 is 0 Å². The van der Waals surface area contributed by atoms with Gasteiger partial charge in [-0.25, -0.2) is 0 Å². The Kier molecular flexibility index (Phi) is 4.99. The average Bonchev–Trinajstić information content (AvgIpc) is 2.98. The van der Waals surface area contributed by atoms with Crippen LogP contribution in [0.2, 0.25) is 0 Å². The molecule has 1 aliphatic carbocycles. The number of carbonyl (C=O) groups is 4. The van der Waals surface area contributed by atoms with Crippen molar-refractivity contribution in [3.63, 3.8) is 0 Å². The third kappa shape index (κ3) is 2.68. The summed E-state index contributed by atoms with van der Waals surface area (Å²) in [5.74, 6) is -1.36. The van der Waals surface area contributed by atoms with Crippen LogP contribution in [0.5, 0.6) is 0 Å². The molecule has 1 spiro atoms. The van der Waals surface area contributed by atoms with E-state index in [2.05, 4.69) is 0 Å². The van der Waals surface area contributed by atoms with Crippen LogP contribution in [0.3, 0.4) is 0 Å². The van der Waals surface area contributed by atoms with E-state index < -0.39 is 45.0 Å². The highest BCUT2D eigenvalue weighted by Crippen LogP contribution is 2.78. The Hall–Kier alpha value is -2.97. The number of thioether (sulfide) groups is 1. The van der Waals surface area contributed by atoms with Crippen LogP contribution in [-0.2, 0) is 33.3 Å². The van der Waals surface area contributed by atoms with Gasteiger partial charge in [0.1, 0.15) is 16.3 Å². The maximum Gasteiger partial charge on any atom is 0.303 e. The number of rotatable bonds is 5. The molecule has 0 bridgehead atoms. The summed E-state index contributed by atoms with van der Waals surface area (Å²) in [6.07, 6.45) is -1.57. The number of esters is 2. The normalized spacial score (nSPS) is 34.1. The Morgan fingerprint density at radius 1 is 0.909 bits per heavy atom. The predicted octanol–water partition coefficient (Wildman–Crippen LogP) is 3.06. The number of hydrogen-bond donors (Lipinski definition) is 0. The SMILES string of the molecule is CC(=O)O[C@H]1COC12C(=O)S[C@]1(c3ccccc3)[C@H](OC(C)=O)C[C@]21C(=O)c1ccccc1. The summed E-state index contributed by atoms with van der Waals surface area (Å²) in [6.45, 7) is 2.58. The van der Waals surface area contributed by atoms with E-state index in [4.69, 9.17) is 14.2 Å². The first-order chi connectivity index (χ1) is 15.8. The van der Waals surface area contributed by atoms with Gasteiger partial charge in [-0.2, -0.15) is 0 Å². The maximum atomic E-state index is 14.3. The molecule has 0 N–H and O–H groups in total. The number of fused-ring (bicyclic) bond motifs is 2. The van der Waals surface area contributed by atoms with Gasteiger partial charge >= 0.3 is 11.9 Å². The molecule has 0 aromatic heterocycles. The molecule has 5 rings (SSSR count). The minimum absolute atomic E-state index is 0.0127. The van der Waals surface area contributed by atoms with Crippen LogP contribution >= 0.6 is 11.8 Å². The van der Waals surface area contributed by atoms with Gasteiger partial charge in [0.15, 0.2) is 17.5 Å². The molecule has 3 fully saturated rings. The molecule has 5 atom stereocenters. The van der Waals surface area contributed by atoms with Crippen molar-refractivity contribution in [1.29, 1.82) is 0 Å². The Labute approximate surface area is 194 Å². The minimum Gasteiger partial charge on any atom is -0.461 e. The van der Waals surface area contributed by atoms with Gasteiger partial charge in [-0.1, -0.05) is 72.4 Å². The molecule has 1 unspecified atom stereocenters. The fourth-order valence-electron chi connectivity index (χ4n) is 5.69. The first-order valence-corrected chi connectivity index (χ1v) is 11.5. The van der Waals surface area contributed by atoms with Crippen molar-refractivity contribution in [3.05, 3.63) is 71.8 Å². The van der Waals surface area contributed by atoms with Crippen molar-refractivity contribution in [2.24, 2.45) is 5.41 Å². The zero-order chi connectivity index (χ0) is 23.4. The van der Waals surface area contributed by atoms with Gasteiger partial charge in [-0.15, -0.1) is 0 Å². The highest BCUT2D eigenvalue weighted by molar-refractivity contribution is 8.15. The average molecular weight is 467 g/mol. The third-order valence-corrected chi connectivity index (χ3v) is 8.59. The second kappa shape index (κ2) is 7.53. The number of Topliss-reactive ketones (excluding diaryl/α,β-unsaturated/α-hetero) is 1. The largest absolute Gasteiger partial charge is 0.461 e. The summed E-state index contributed by atoms with van der Waals surface area (Å²) >= 11 is 0.948. The van der Waals surface area contributed by atoms with E-state index in [0.29, 0.717) is 11.1 Å². The maximum absolute atomic E-state index is 14.3. The number of benzene rings is 2. The van der Waals surface area contributed by atoms with Crippen LogP contribution in [0.15, 0.2) is 60.7 Å². The number of ketones is 1. The van der Waals surface area contributed by atoms with Gasteiger partial charge in [0.2, 0.25) is 5.12 Å². The number of carbonyl (C=O) groups excluding carboxylic acids is 4. The van der Waals surface area contributed by atoms with Crippen molar-refractivity contribution in [3.8, 4) is 0 Å². The molecular formula is C25H22O7S. The summed E-state index contributed by atoms with van der Waals surface area (Å²) in [5.41, 5.74) is -2.00. The lowest BCUT2D eigenvalue weighted by Gasteiger charge is -2.64. The molecule has 0 amide bonds. The smallest absolute Gasteiger partial charge is 0.303 e. The van der Waals surface area contributed by atoms with Crippen molar-refractivity contribution < 1.29 is 33.4 Å². The highest BCUT2D eigenvalue weighted by Gasteiger charge is 2.90. The quantitative estimate of drug-likeness (QED) is 0.490. The summed E-state index contributed by atoms with van der Waals surface area (Å²) < 4.78 is 15.9. The Balaban J connectivity index is 1.76. The van der Waals surface area contributed by atoms with E-state index in [-0.39, 0.29) is 18.8 Å². The standard InChI is InChI=1S/C25H22O7S/c1-15(26)31-19-13-23(21(28)17-9-5-3-6-10-17)24(20(14-30-24)32-16(2)27)22(29)33-25(19,23)18-11-7-4-8-12-18/h3-12,19-20H,13-14H2,1-2H3/t19-,20+,23+,24?,25-/m1/s1. The van der Waals surface area contributed by atoms with Crippen molar-refractivity contribution >= 4 is 34.6 Å². The molecular weight excluding hydrogens is 444 g/mol. The molecule has 2 saturated heterocycles. The van der Waals surface area contributed by atoms with E-state index in [1.54, 1.807) is 30.3 Å². The first kappa shape index (κ1) is 21.9. The molecule has 170 valence electrons. The van der Waals surface area contributed by atoms with E-state index in [1.807, 2.05) is 30.3 Å². The lowest BCUT2D eigenvalue weighted by molar-refractivity contribution is -0.293. The molecule has 0 radical (unpaired) electrons. The molecule has 1 saturated carbocycles. The lowest BCUT2D eigenvalue weighted by atomic mass is 9.44. The Morgan fingerprint density at radius 2 is 1.48 bits per heavy atom. The lowest BCUT2D eigenvalue weighted by Crippen LogP contribution is -2.80. The van der Waals surface area contributed by atoms with Crippen LogP contribution in [-0.4, -0.2) is 47.3 Å². The summed E-state index contributed by atoms with van der Waals surface area (Å²) in [5, 5.41) is -0.400. The fraction of sp³-hybridized carbons (Fsp3) is 0.360. The predicted molar refractivity (Wildman–Crippen MR) is 118 cm³/mol. The Bertz CT molecular complexity index is 1150. The fourth-order valence-corrected chi connectivity index (χ4v) is 7.51. The summed E-state index contributed by atoms with van der Waals surface area (Å²) in [6, 6.07) is 17.8. The van der Waals surface area contributed by atoms with E-state index in [0.717, 1.165) is 11.8 Å². The van der Waals surface area contributed by atoms with Crippen LogP contribution in [0.1, 0.15) is 36.2 Å². The van der Waals surface area contributed by atoms with E-state index in [9.17, 15) is 19.2 Å². The third-order valence-electron chi connectivity index (χ3n) is 6.93. The molecule has 7 nitrogen and oxygen atoms in total. The zero-order valence-corrected chi connectivity index (χ0v) is 18.9. The van der Waals surface area contributed by atoms with Crippen LogP contribution < -0.4 is 0 Å². The highest BCUT2D eigenvalue weighted by atomic mass is 32.2. The van der Waals surface area contributed by atoms with Gasteiger partial charge in [-0.05, 0) is 5.56 Å². The Morgan fingerprint density at radius 3 is 2.03 bits per heavy atom. The molecule has 3 aliphatic rings. The van der Waals surface area contributed by atoms with Crippen molar-refractivity contribution in [2.75, 3.05) is 6.61 Å². The van der Waals surface area contributed by atoms with Gasteiger partial charge in [0, 0.05) is 25.8 Å². The van der Waals surface area contributed by atoms with Gasteiger partial charge < -0.3 is 14.2 Å². The molecule has 2 aliphatic heterocycles. The molecule has 8 heteroatoms. The molecule has 2 aromatic rings. The van der Waals surface area contributed by atoms with Crippen molar-refractivity contribution in [2.45, 2.75) is 42.8 Å².